The molecule has 0 fully saturated rings. The van der Waals surface area contributed by atoms with E-state index in [1.807, 2.05) is 6.07 Å². The number of methoxy groups -OCH3 is 2. The van der Waals surface area contributed by atoms with E-state index in [-0.39, 0.29) is 0 Å². The average Bonchev–Trinajstić information content (AvgIpc) is 2.74. The number of benzene rings is 3. The first-order valence-corrected chi connectivity index (χ1v) is 10.1. The zero-order valence-corrected chi connectivity index (χ0v) is 17.9. The summed E-state index contributed by atoms with van der Waals surface area (Å²) in [6.45, 7) is 7.07. The average molecular weight is 390 g/mol. The van der Waals surface area contributed by atoms with Gasteiger partial charge < -0.3 is 9.47 Å². The van der Waals surface area contributed by atoms with Crippen molar-refractivity contribution in [3.8, 4) is 11.5 Å². The van der Waals surface area contributed by atoms with Gasteiger partial charge >= 0.3 is 0 Å². The SMILES string of the molecule is COc1ccc(CN(Cc2ccccc2)Cc2ccc(C(C)C)cc2)cc1OC. The number of rotatable bonds is 9. The smallest absolute Gasteiger partial charge is 0.161 e. The summed E-state index contributed by atoms with van der Waals surface area (Å²) in [6, 6.07) is 25.8. The van der Waals surface area contributed by atoms with Crippen LogP contribution >= 0.6 is 0 Å². The minimum atomic E-state index is 0.552. The van der Waals surface area contributed by atoms with Crippen molar-refractivity contribution in [3.63, 3.8) is 0 Å². The predicted molar refractivity (Wildman–Crippen MR) is 119 cm³/mol. The highest BCUT2D eigenvalue weighted by Gasteiger charge is 2.11. The van der Waals surface area contributed by atoms with E-state index in [1.165, 1.54) is 22.3 Å². The highest BCUT2D eigenvalue weighted by Crippen LogP contribution is 2.28. The third-order valence-corrected chi connectivity index (χ3v) is 5.16. The summed E-state index contributed by atoms with van der Waals surface area (Å²) in [6.07, 6.45) is 0. The largest absolute Gasteiger partial charge is 0.493 e. The third-order valence-electron chi connectivity index (χ3n) is 5.16. The van der Waals surface area contributed by atoms with E-state index in [1.54, 1.807) is 14.2 Å². The quantitative estimate of drug-likeness (QED) is 0.446. The first-order valence-electron chi connectivity index (χ1n) is 10.1. The Morgan fingerprint density at radius 2 is 1.21 bits per heavy atom. The molecule has 0 atom stereocenters. The maximum atomic E-state index is 5.49. The fourth-order valence-electron chi connectivity index (χ4n) is 3.51. The molecule has 3 aromatic rings. The summed E-state index contributed by atoms with van der Waals surface area (Å²) in [5.74, 6) is 2.08. The molecule has 0 aliphatic heterocycles. The number of nitrogens with zero attached hydrogens (tertiary/aromatic N) is 1. The Labute approximate surface area is 174 Å². The van der Waals surface area contributed by atoms with Gasteiger partial charge in [0.25, 0.3) is 0 Å². The molecule has 3 heteroatoms. The molecule has 0 aromatic heterocycles. The molecule has 0 spiro atoms. The van der Waals surface area contributed by atoms with Gasteiger partial charge in [0.1, 0.15) is 0 Å². The van der Waals surface area contributed by atoms with E-state index < -0.39 is 0 Å². The van der Waals surface area contributed by atoms with E-state index >= 15 is 0 Å². The second-order valence-corrected chi connectivity index (χ2v) is 7.72. The summed E-state index contributed by atoms with van der Waals surface area (Å²) in [5.41, 5.74) is 5.22. The van der Waals surface area contributed by atoms with Crippen LogP contribution in [0.1, 0.15) is 42.0 Å². The van der Waals surface area contributed by atoms with Gasteiger partial charge in [0, 0.05) is 19.6 Å². The van der Waals surface area contributed by atoms with Crippen LogP contribution in [0.3, 0.4) is 0 Å². The van der Waals surface area contributed by atoms with Crippen molar-refractivity contribution < 1.29 is 9.47 Å². The van der Waals surface area contributed by atoms with Crippen LogP contribution in [0.2, 0.25) is 0 Å². The maximum Gasteiger partial charge on any atom is 0.161 e. The Morgan fingerprint density at radius 1 is 0.655 bits per heavy atom. The molecule has 0 aliphatic carbocycles. The van der Waals surface area contributed by atoms with Crippen LogP contribution in [0.5, 0.6) is 11.5 Å². The minimum absolute atomic E-state index is 0.552. The molecular formula is C26H31NO2. The monoisotopic (exact) mass is 389 g/mol. The lowest BCUT2D eigenvalue weighted by molar-refractivity contribution is 0.247. The van der Waals surface area contributed by atoms with Crippen molar-refractivity contribution in [1.29, 1.82) is 0 Å². The molecule has 3 rings (SSSR count). The van der Waals surface area contributed by atoms with Crippen molar-refractivity contribution in [2.45, 2.75) is 39.4 Å². The second-order valence-electron chi connectivity index (χ2n) is 7.72. The standard InChI is InChI=1S/C26H31NO2/c1-20(2)24-13-10-22(11-14-24)18-27(17-21-8-6-5-7-9-21)19-23-12-15-25(28-3)26(16-23)29-4/h5-16,20H,17-19H2,1-4H3. The summed E-state index contributed by atoms with van der Waals surface area (Å²) >= 11 is 0. The van der Waals surface area contributed by atoms with Crippen molar-refractivity contribution in [1.82, 2.24) is 4.90 Å². The highest BCUT2D eigenvalue weighted by atomic mass is 16.5. The Kier molecular flexibility index (Phi) is 7.31. The molecule has 3 nitrogen and oxygen atoms in total. The van der Waals surface area contributed by atoms with Crippen LogP contribution in [-0.4, -0.2) is 19.1 Å². The van der Waals surface area contributed by atoms with Crippen molar-refractivity contribution in [2.24, 2.45) is 0 Å². The van der Waals surface area contributed by atoms with E-state index in [4.69, 9.17) is 9.47 Å². The molecule has 0 saturated heterocycles. The summed E-state index contributed by atoms with van der Waals surface area (Å²) < 4.78 is 10.9. The van der Waals surface area contributed by atoms with E-state index in [0.29, 0.717) is 5.92 Å². The predicted octanol–water partition coefficient (Wildman–Crippen LogP) is 6.03. The van der Waals surface area contributed by atoms with Crippen molar-refractivity contribution >= 4 is 0 Å². The van der Waals surface area contributed by atoms with Gasteiger partial charge in [-0.25, -0.2) is 0 Å². The van der Waals surface area contributed by atoms with Gasteiger partial charge in [0.05, 0.1) is 14.2 Å². The van der Waals surface area contributed by atoms with Gasteiger partial charge in [-0.2, -0.15) is 0 Å². The summed E-state index contributed by atoms with van der Waals surface area (Å²) in [7, 11) is 3.35. The number of ether oxygens (including phenoxy) is 2. The maximum absolute atomic E-state index is 5.49. The molecule has 3 aromatic carbocycles. The Balaban J connectivity index is 1.81. The van der Waals surface area contributed by atoms with Gasteiger partial charge in [-0.1, -0.05) is 74.5 Å². The molecule has 0 bridgehead atoms. The summed E-state index contributed by atoms with van der Waals surface area (Å²) in [4.78, 5) is 2.46. The van der Waals surface area contributed by atoms with Gasteiger partial charge in [-0.15, -0.1) is 0 Å². The lowest BCUT2D eigenvalue weighted by Gasteiger charge is -2.23. The molecular weight excluding hydrogens is 358 g/mol. The van der Waals surface area contributed by atoms with Crippen molar-refractivity contribution in [3.05, 3.63) is 95.1 Å². The van der Waals surface area contributed by atoms with Gasteiger partial charge in [0.2, 0.25) is 0 Å². The van der Waals surface area contributed by atoms with Gasteiger partial charge in [-0.05, 0) is 40.3 Å². The highest BCUT2D eigenvalue weighted by molar-refractivity contribution is 5.43. The van der Waals surface area contributed by atoms with Crippen LogP contribution in [0.4, 0.5) is 0 Å². The summed E-state index contributed by atoms with van der Waals surface area (Å²) in [5, 5.41) is 0. The molecule has 29 heavy (non-hydrogen) atoms. The number of hydrogen-bond acceptors (Lipinski definition) is 3. The van der Waals surface area contributed by atoms with Crippen LogP contribution in [0, 0.1) is 0 Å². The zero-order chi connectivity index (χ0) is 20.6. The fraction of sp³-hybridized carbons (Fsp3) is 0.308. The molecule has 0 saturated carbocycles. The normalized spacial score (nSPS) is 11.1. The molecule has 0 amide bonds. The Hall–Kier alpha value is -2.78. The minimum Gasteiger partial charge on any atom is -0.493 e. The van der Waals surface area contributed by atoms with Crippen LogP contribution in [0.15, 0.2) is 72.8 Å². The van der Waals surface area contributed by atoms with Crippen LogP contribution in [-0.2, 0) is 19.6 Å². The lowest BCUT2D eigenvalue weighted by Crippen LogP contribution is -2.22. The molecule has 0 N–H and O–H groups in total. The van der Waals surface area contributed by atoms with Crippen LogP contribution in [0.25, 0.3) is 0 Å². The zero-order valence-electron chi connectivity index (χ0n) is 17.9. The fourth-order valence-corrected chi connectivity index (χ4v) is 3.51. The topological polar surface area (TPSA) is 21.7 Å². The second kappa shape index (κ2) is 10.1. The van der Waals surface area contributed by atoms with E-state index in [0.717, 1.165) is 31.1 Å². The van der Waals surface area contributed by atoms with Crippen molar-refractivity contribution in [2.75, 3.05) is 14.2 Å². The van der Waals surface area contributed by atoms with Gasteiger partial charge in [-0.3, -0.25) is 4.90 Å². The molecule has 0 unspecified atom stereocenters. The van der Waals surface area contributed by atoms with Crippen LogP contribution < -0.4 is 9.47 Å². The molecule has 152 valence electrons. The van der Waals surface area contributed by atoms with E-state index in [9.17, 15) is 0 Å². The first-order chi connectivity index (χ1) is 14.1. The molecule has 0 aliphatic rings. The Bertz CT molecular complexity index is 888. The Morgan fingerprint density at radius 3 is 1.79 bits per heavy atom. The third kappa shape index (κ3) is 5.85. The van der Waals surface area contributed by atoms with Gasteiger partial charge in [0.15, 0.2) is 11.5 Å². The first kappa shape index (κ1) is 20.9. The molecule has 0 heterocycles. The number of hydrogen-bond donors (Lipinski definition) is 0. The lowest BCUT2D eigenvalue weighted by atomic mass is 10.0. The molecule has 0 radical (unpaired) electrons. The van der Waals surface area contributed by atoms with E-state index in [2.05, 4.69) is 85.5 Å².